The fourth-order valence-electron chi connectivity index (χ4n) is 2.08. The molecule has 0 atom stereocenters. The Labute approximate surface area is 151 Å². The Morgan fingerprint density at radius 3 is 2.38 bits per heavy atom. The molecule has 0 aliphatic heterocycles. The molecule has 1 aromatic carbocycles. The molecular formula is C18H23NO7. The highest BCUT2D eigenvalue weighted by atomic mass is 16.6. The van der Waals surface area contributed by atoms with E-state index in [-0.39, 0.29) is 30.0 Å². The van der Waals surface area contributed by atoms with Crippen LogP contribution in [-0.2, 0) is 14.3 Å². The van der Waals surface area contributed by atoms with Crippen LogP contribution in [0.2, 0.25) is 0 Å². The van der Waals surface area contributed by atoms with Crippen LogP contribution in [0, 0.1) is 10.1 Å². The molecule has 1 rings (SSSR count). The van der Waals surface area contributed by atoms with Crippen molar-refractivity contribution in [1.29, 1.82) is 0 Å². The van der Waals surface area contributed by atoms with Gasteiger partial charge in [0.1, 0.15) is 0 Å². The van der Waals surface area contributed by atoms with Crippen LogP contribution >= 0.6 is 0 Å². The molecule has 26 heavy (non-hydrogen) atoms. The summed E-state index contributed by atoms with van der Waals surface area (Å²) in [6.45, 7) is 3.90. The van der Waals surface area contributed by atoms with E-state index < -0.39 is 22.6 Å². The Kier molecular flexibility index (Phi) is 8.83. The van der Waals surface area contributed by atoms with E-state index in [1.54, 1.807) is 0 Å². The molecule has 0 unspecified atom stereocenters. The predicted octanol–water partition coefficient (Wildman–Crippen LogP) is 3.85. The second-order valence-electron chi connectivity index (χ2n) is 5.53. The zero-order chi connectivity index (χ0) is 19.5. The van der Waals surface area contributed by atoms with Crippen molar-refractivity contribution < 1.29 is 29.1 Å². The summed E-state index contributed by atoms with van der Waals surface area (Å²) in [6, 6.07) is 5.45. The molecule has 1 aromatic rings. The monoisotopic (exact) mass is 365 g/mol. The van der Waals surface area contributed by atoms with Gasteiger partial charge in [-0.25, -0.2) is 9.59 Å². The minimum atomic E-state index is -1.32. The Hall–Kier alpha value is -2.90. The summed E-state index contributed by atoms with van der Waals surface area (Å²) in [5, 5.41) is 20.6. The van der Waals surface area contributed by atoms with Crippen molar-refractivity contribution in [2.24, 2.45) is 0 Å². The molecule has 0 aliphatic carbocycles. The normalized spacial score (nSPS) is 11.5. The molecule has 0 amide bonds. The number of hydrogen-bond acceptors (Lipinski definition) is 6. The van der Waals surface area contributed by atoms with Crippen molar-refractivity contribution in [1.82, 2.24) is 0 Å². The number of aliphatic carboxylic acids is 1. The summed E-state index contributed by atoms with van der Waals surface area (Å²) in [4.78, 5) is 34.5. The number of rotatable bonds is 11. The minimum absolute atomic E-state index is 0.0880. The average Bonchev–Trinajstić information content (AvgIpc) is 2.61. The van der Waals surface area contributed by atoms with Gasteiger partial charge in [0.25, 0.3) is 0 Å². The number of carboxylic acid groups (broad SMARTS) is 1. The van der Waals surface area contributed by atoms with E-state index in [0.717, 1.165) is 6.42 Å². The number of nitro benzene ring substituents is 1. The van der Waals surface area contributed by atoms with Crippen LogP contribution in [0.3, 0.4) is 0 Å². The molecule has 0 saturated heterocycles. The first-order valence-corrected chi connectivity index (χ1v) is 8.47. The Bertz CT molecular complexity index is 682. The first-order chi connectivity index (χ1) is 12.4. The van der Waals surface area contributed by atoms with Crippen LogP contribution in [0.1, 0.15) is 46.0 Å². The van der Waals surface area contributed by atoms with Gasteiger partial charge in [-0.15, -0.1) is 0 Å². The van der Waals surface area contributed by atoms with E-state index in [2.05, 4.69) is 0 Å². The van der Waals surface area contributed by atoms with Crippen LogP contribution in [0.15, 0.2) is 35.6 Å². The number of carbonyl (C=O) groups is 2. The number of benzene rings is 1. The lowest BCUT2D eigenvalue weighted by molar-refractivity contribution is -0.385. The van der Waals surface area contributed by atoms with Crippen LogP contribution in [0.4, 0.5) is 5.69 Å². The number of esters is 1. The molecule has 0 fully saturated rings. The summed E-state index contributed by atoms with van der Waals surface area (Å²) < 4.78 is 10.5. The zero-order valence-electron chi connectivity index (χ0n) is 14.9. The van der Waals surface area contributed by atoms with E-state index in [1.165, 1.54) is 24.3 Å². The van der Waals surface area contributed by atoms with Gasteiger partial charge in [0.05, 0.1) is 17.1 Å². The lowest BCUT2D eigenvalue weighted by atomic mass is 10.1. The highest BCUT2D eigenvalue weighted by Crippen LogP contribution is 2.29. The third-order valence-corrected chi connectivity index (χ3v) is 3.50. The molecule has 0 radical (unpaired) electrons. The van der Waals surface area contributed by atoms with Crippen molar-refractivity contribution in [2.75, 3.05) is 6.61 Å². The number of para-hydroxylation sites is 2. The highest BCUT2D eigenvalue weighted by molar-refractivity contribution is 5.98. The van der Waals surface area contributed by atoms with E-state index >= 15 is 0 Å². The molecule has 142 valence electrons. The van der Waals surface area contributed by atoms with Crippen LogP contribution < -0.4 is 4.74 Å². The molecule has 8 heteroatoms. The van der Waals surface area contributed by atoms with E-state index in [1.807, 2.05) is 13.8 Å². The number of carboxylic acids is 1. The standard InChI is InChI=1S/C18H23NO7/c1-3-5-9-13(17(20)21)16(18(22)25-12-6-4-2)26-15-11-8-7-10-14(15)19(23)24/h7-8,10-11H,3-6,9,12H2,1-2H3,(H,20,21). The van der Waals surface area contributed by atoms with Gasteiger partial charge in [-0.1, -0.05) is 38.8 Å². The Morgan fingerprint density at radius 1 is 1.15 bits per heavy atom. The number of carbonyl (C=O) groups excluding carboxylic acids is 1. The number of hydrogen-bond donors (Lipinski definition) is 1. The third kappa shape index (κ3) is 6.19. The topological polar surface area (TPSA) is 116 Å². The maximum atomic E-state index is 12.4. The molecule has 0 spiro atoms. The van der Waals surface area contributed by atoms with E-state index in [0.29, 0.717) is 19.3 Å². The zero-order valence-corrected chi connectivity index (χ0v) is 14.9. The molecule has 8 nitrogen and oxygen atoms in total. The smallest absolute Gasteiger partial charge is 0.374 e. The van der Waals surface area contributed by atoms with Gasteiger partial charge < -0.3 is 14.6 Å². The fraction of sp³-hybridized carbons (Fsp3) is 0.444. The Morgan fingerprint density at radius 2 is 1.81 bits per heavy atom. The first-order valence-electron chi connectivity index (χ1n) is 8.47. The molecule has 0 bridgehead atoms. The van der Waals surface area contributed by atoms with Gasteiger partial charge in [-0.05, 0) is 25.3 Å². The molecule has 0 aromatic heterocycles. The van der Waals surface area contributed by atoms with Gasteiger partial charge >= 0.3 is 17.6 Å². The van der Waals surface area contributed by atoms with Gasteiger partial charge in [0, 0.05) is 6.07 Å². The summed E-state index contributed by atoms with van der Waals surface area (Å²) in [5.41, 5.74) is -0.627. The SMILES string of the molecule is CCCCOC(=O)C(Oc1ccccc1[N+](=O)[O-])=C(CCCC)C(=O)O. The number of unbranched alkanes of at least 4 members (excludes halogenated alkanes) is 2. The maximum absolute atomic E-state index is 12.4. The second-order valence-corrected chi connectivity index (χ2v) is 5.53. The van der Waals surface area contributed by atoms with Crippen molar-refractivity contribution in [2.45, 2.75) is 46.0 Å². The minimum Gasteiger partial charge on any atom is -0.478 e. The molecule has 0 saturated carbocycles. The summed E-state index contributed by atoms with van der Waals surface area (Å²) >= 11 is 0. The number of nitro groups is 1. The third-order valence-electron chi connectivity index (χ3n) is 3.50. The lowest BCUT2D eigenvalue weighted by Gasteiger charge is -2.13. The van der Waals surface area contributed by atoms with Crippen LogP contribution in [0.25, 0.3) is 0 Å². The largest absolute Gasteiger partial charge is 0.478 e. The van der Waals surface area contributed by atoms with Crippen molar-refractivity contribution >= 4 is 17.6 Å². The van der Waals surface area contributed by atoms with Crippen LogP contribution in [-0.4, -0.2) is 28.6 Å². The van der Waals surface area contributed by atoms with Gasteiger partial charge in [-0.3, -0.25) is 10.1 Å². The molecule has 1 N–H and O–H groups in total. The van der Waals surface area contributed by atoms with Gasteiger partial charge in [0.2, 0.25) is 11.5 Å². The van der Waals surface area contributed by atoms with E-state index in [9.17, 15) is 24.8 Å². The number of nitrogens with zero attached hydrogens (tertiary/aromatic N) is 1. The summed E-state index contributed by atoms with van der Waals surface area (Å²) in [6.07, 6.45) is 2.72. The summed E-state index contributed by atoms with van der Waals surface area (Å²) in [5.74, 6) is -2.99. The van der Waals surface area contributed by atoms with Crippen molar-refractivity contribution in [3.8, 4) is 5.75 Å². The van der Waals surface area contributed by atoms with E-state index in [4.69, 9.17) is 9.47 Å². The Balaban J connectivity index is 3.29. The maximum Gasteiger partial charge on any atom is 0.374 e. The van der Waals surface area contributed by atoms with Gasteiger partial charge in [-0.2, -0.15) is 0 Å². The average molecular weight is 365 g/mol. The highest BCUT2D eigenvalue weighted by Gasteiger charge is 2.27. The molecule has 0 aliphatic rings. The van der Waals surface area contributed by atoms with Crippen molar-refractivity contribution in [3.05, 3.63) is 45.7 Å². The lowest BCUT2D eigenvalue weighted by Crippen LogP contribution is -2.20. The summed E-state index contributed by atoms with van der Waals surface area (Å²) in [7, 11) is 0. The van der Waals surface area contributed by atoms with Crippen LogP contribution in [0.5, 0.6) is 5.75 Å². The fourth-order valence-corrected chi connectivity index (χ4v) is 2.08. The second kappa shape index (κ2) is 10.9. The number of ether oxygens (including phenoxy) is 2. The quantitative estimate of drug-likeness (QED) is 0.158. The van der Waals surface area contributed by atoms with Gasteiger partial charge in [0.15, 0.2) is 0 Å². The first kappa shape index (κ1) is 21.1. The van der Waals surface area contributed by atoms with Crippen molar-refractivity contribution in [3.63, 3.8) is 0 Å². The molecular weight excluding hydrogens is 342 g/mol. The predicted molar refractivity (Wildman–Crippen MR) is 93.8 cm³/mol. The molecule has 0 heterocycles.